The minimum absolute atomic E-state index is 0.190. The third kappa shape index (κ3) is 2.19. The molecule has 12 heavy (non-hydrogen) atoms. The molecule has 1 rings (SSSR count). The summed E-state index contributed by atoms with van der Waals surface area (Å²) in [5, 5.41) is 11.9. The molecule has 0 radical (unpaired) electrons. The second-order valence-corrected chi connectivity index (χ2v) is 3.55. The van der Waals surface area contributed by atoms with E-state index in [0.29, 0.717) is 6.54 Å². The maximum Gasteiger partial charge on any atom is 0.304 e. The van der Waals surface area contributed by atoms with Gasteiger partial charge in [-0.25, -0.2) is 0 Å². The van der Waals surface area contributed by atoms with Gasteiger partial charge in [0, 0.05) is 12.0 Å². The van der Waals surface area contributed by atoms with Crippen LogP contribution >= 0.6 is 0 Å². The Bertz CT molecular complexity index is 164. The quantitative estimate of drug-likeness (QED) is 0.550. The molecular formula is C8H16N2O2. The van der Waals surface area contributed by atoms with Gasteiger partial charge in [-0.15, -0.1) is 0 Å². The Morgan fingerprint density at radius 2 is 2.42 bits per heavy atom. The zero-order valence-corrected chi connectivity index (χ0v) is 7.18. The van der Waals surface area contributed by atoms with Gasteiger partial charge in [-0.2, -0.15) is 0 Å². The number of nitrogens with two attached hydrogens (primary N) is 1. The Morgan fingerprint density at radius 3 is 2.83 bits per heavy atom. The van der Waals surface area contributed by atoms with Crippen molar-refractivity contribution < 1.29 is 9.90 Å². The first-order chi connectivity index (χ1) is 5.68. The molecule has 4 nitrogen and oxygen atoms in total. The number of carboxylic acids is 1. The standard InChI is InChI=1S/C8H16N2O2/c9-5-8(4-7(11)12)2-1-3-10-6-8/h10H,1-6,9H2,(H,11,12). The summed E-state index contributed by atoms with van der Waals surface area (Å²) in [5.74, 6) is -0.746. The van der Waals surface area contributed by atoms with E-state index < -0.39 is 5.97 Å². The van der Waals surface area contributed by atoms with Gasteiger partial charge in [-0.3, -0.25) is 4.79 Å². The Balaban J connectivity index is 2.53. The first kappa shape index (κ1) is 9.48. The normalized spacial score (nSPS) is 30.1. The summed E-state index contributed by atoms with van der Waals surface area (Å²) in [6, 6.07) is 0. The molecule has 1 aliphatic rings. The van der Waals surface area contributed by atoms with Crippen LogP contribution in [0.3, 0.4) is 0 Å². The average Bonchev–Trinajstić information content (AvgIpc) is 2.05. The Morgan fingerprint density at radius 1 is 1.67 bits per heavy atom. The summed E-state index contributed by atoms with van der Waals surface area (Å²) in [6.07, 6.45) is 2.16. The predicted molar refractivity (Wildman–Crippen MR) is 45.8 cm³/mol. The van der Waals surface area contributed by atoms with Crippen LogP contribution in [0.25, 0.3) is 0 Å². The summed E-state index contributed by atoms with van der Waals surface area (Å²) in [6.45, 7) is 2.20. The van der Waals surface area contributed by atoms with E-state index in [1.165, 1.54) is 0 Å². The first-order valence-corrected chi connectivity index (χ1v) is 4.31. The van der Waals surface area contributed by atoms with Crippen LogP contribution in [0.2, 0.25) is 0 Å². The topological polar surface area (TPSA) is 75.4 Å². The van der Waals surface area contributed by atoms with E-state index in [2.05, 4.69) is 5.32 Å². The Kier molecular flexibility index (Phi) is 3.05. The van der Waals surface area contributed by atoms with Crippen LogP contribution in [-0.2, 0) is 4.79 Å². The molecule has 4 N–H and O–H groups in total. The van der Waals surface area contributed by atoms with Gasteiger partial charge in [0.1, 0.15) is 0 Å². The Labute approximate surface area is 72.1 Å². The summed E-state index contributed by atoms with van der Waals surface area (Å²) >= 11 is 0. The van der Waals surface area contributed by atoms with Gasteiger partial charge in [-0.1, -0.05) is 0 Å². The molecule has 1 atom stereocenters. The molecule has 0 aromatic carbocycles. The van der Waals surface area contributed by atoms with E-state index in [1.54, 1.807) is 0 Å². The van der Waals surface area contributed by atoms with Crippen molar-refractivity contribution in [3.05, 3.63) is 0 Å². The second-order valence-electron chi connectivity index (χ2n) is 3.55. The average molecular weight is 172 g/mol. The Hall–Kier alpha value is -0.610. The number of piperidine rings is 1. The van der Waals surface area contributed by atoms with E-state index in [9.17, 15) is 4.79 Å². The highest BCUT2D eigenvalue weighted by Crippen LogP contribution is 2.28. The van der Waals surface area contributed by atoms with Crippen LogP contribution < -0.4 is 11.1 Å². The molecule has 1 saturated heterocycles. The molecule has 1 aliphatic heterocycles. The molecular weight excluding hydrogens is 156 g/mol. The van der Waals surface area contributed by atoms with Crippen molar-refractivity contribution >= 4 is 5.97 Å². The molecule has 4 heteroatoms. The van der Waals surface area contributed by atoms with Crippen LogP contribution in [0, 0.1) is 5.41 Å². The summed E-state index contributed by atoms with van der Waals surface area (Å²) in [7, 11) is 0. The van der Waals surface area contributed by atoms with Crippen molar-refractivity contribution in [1.29, 1.82) is 0 Å². The molecule has 0 aromatic heterocycles. The van der Waals surface area contributed by atoms with Crippen LogP contribution in [0.15, 0.2) is 0 Å². The largest absolute Gasteiger partial charge is 0.481 e. The number of carboxylic acid groups (broad SMARTS) is 1. The van der Waals surface area contributed by atoms with Crippen molar-refractivity contribution in [2.45, 2.75) is 19.3 Å². The third-order valence-electron chi connectivity index (χ3n) is 2.52. The van der Waals surface area contributed by atoms with E-state index >= 15 is 0 Å². The third-order valence-corrected chi connectivity index (χ3v) is 2.52. The van der Waals surface area contributed by atoms with Gasteiger partial charge in [0.25, 0.3) is 0 Å². The lowest BCUT2D eigenvalue weighted by molar-refractivity contribution is -0.139. The number of hydrogen-bond acceptors (Lipinski definition) is 3. The molecule has 1 fully saturated rings. The smallest absolute Gasteiger partial charge is 0.304 e. The SMILES string of the molecule is NCC1(CC(=O)O)CCCNC1. The van der Waals surface area contributed by atoms with Crippen LogP contribution in [0.1, 0.15) is 19.3 Å². The summed E-state index contributed by atoms with van der Waals surface area (Å²) < 4.78 is 0. The lowest BCUT2D eigenvalue weighted by atomic mass is 9.78. The number of rotatable bonds is 3. The highest BCUT2D eigenvalue weighted by Gasteiger charge is 2.32. The molecule has 0 saturated carbocycles. The maximum atomic E-state index is 10.5. The minimum Gasteiger partial charge on any atom is -0.481 e. The first-order valence-electron chi connectivity index (χ1n) is 4.31. The van der Waals surface area contributed by atoms with Crippen molar-refractivity contribution in [3.8, 4) is 0 Å². The van der Waals surface area contributed by atoms with Crippen molar-refractivity contribution in [2.24, 2.45) is 11.1 Å². The maximum absolute atomic E-state index is 10.5. The van der Waals surface area contributed by atoms with Crippen molar-refractivity contribution in [2.75, 3.05) is 19.6 Å². The zero-order chi connectivity index (χ0) is 9.03. The fourth-order valence-corrected chi connectivity index (χ4v) is 1.75. The number of nitrogens with one attached hydrogen (secondary N) is 1. The number of hydrogen-bond donors (Lipinski definition) is 3. The summed E-state index contributed by atoms with van der Waals surface area (Å²) in [4.78, 5) is 10.5. The van der Waals surface area contributed by atoms with Crippen molar-refractivity contribution in [1.82, 2.24) is 5.32 Å². The second kappa shape index (κ2) is 3.87. The predicted octanol–water partition coefficient (Wildman–Crippen LogP) is -0.210. The van der Waals surface area contributed by atoms with Crippen LogP contribution in [-0.4, -0.2) is 30.7 Å². The monoisotopic (exact) mass is 172 g/mol. The van der Waals surface area contributed by atoms with Gasteiger partial charge >= 0.3 is 5.97 Å². The molecule has 0 aliphatic carbocycles. The van der Waals surface area contributed by atoms with Crippen LogP contribution in [0.5, 0.6) is 0 Å². The van der Waals surface area contributed by atoms with Gasteiger partial charge < -0.3 is 16.2 Å². The molecule has 70 valence electrons. The molecule has 0 bridgehead atoms. The zero-order valence-electron chi connectivity index (χ0n) is 7.18. The van der Waals surface area contributed by atoms with Crippen molar-refractivity contribution in [3.63, 3.8) is 0 Å². The fourth-order valence-electron chi connectivity index (χ4n) is 1.75. The van der Waals surface area contributed by atoms with E-state index in [0.717, 1.165) is 25.9 Å². The van der Waals surface area contributed by atoms with Crippen LogP contribution in [0.4, 0.5) is 0 Å². The van der Waals surface area contributed by atoms with E-state index in [-0.39, 0.29) is 11.8 Å². The number of aliphatic carboxylic acids is 1. The highest BCUT2D eigenvalue weighted by atomic mass is 16.4. The fraction of sp³-hybridized carbons (Fsp3) is 0.875. The van der Waals surface area contributed by atoms with Gasteiger partial charge in [0.15, 0.2) is 0 Å². The van der Waals surface area contributed by atoms with Gasteiger partial charge in [0.2, 0.25) is 0 Å². The molecule has 0 amide bonds. The molecule has 1 unspecified atom stereocenters. The molecule has 1 heterocycles. The van der Waals surface area contributed by atoms with Gasteiger partial charge in [0.05, 0.1) is 6.42 Å². The molecule has 0 aromatic rings. The summed E-state index contributed by atoms with van der Waals surface area (Å²) in [5.41, 5.74) is 5.39. The highest BCUT2D eigenvalue weighted by molar-refractivity contribution is 5.67. The lowest BCUT2D eigenvalue weighted by Crippen LogP contribution is -2.46. The molecule has 0 spiro atoms. The number of carbonyl (C=O) groups is 1. The van der Waals surface area contributed by atoms with E-state index in [4.69, 9.17) is 10.8 Å². The lowest BCUT2D eigenvalue weighted by Gasteiger charge is -2.35. The minimum atomic E-state index is -0.746. The van der Waals surface area contributed by atoms with Gasteiger partial charge in [-0.05, 0) is 25.9 Å². The van der Waals surface area contributed by atoms with E-state index in [1.807, 2.05) is 0 Å².